The van der Waals surface area contributed by atoms with E-state index in [0.29, 0.717) is 31.1 Å². The molecule has 0 spiro atoms. The molecule has 1 aromatic rings. The number of hydrogen-bond acceptors (Lipinski definition) is 3. The normalized spacial score (nSPS) is 12.0. The maximum absolute atomic E-state index is 12.6. The molecule has 0 unspecified atom stereocenters. The Bertz CT molecular complexity index is 641. The van der Waals surface area contributed by atoms with E-state index >= 15 is 0 Å². The SMILES string of the molecule is CCN(CC)S(=O)(=O)c1cc(NC(=O)CCC(C)C)ccc1Cl. The quantitative estimate of drug-likeness (QED) is 0.767. The van der Waals surface area contributed by atoms with Crippen LogP contribution in [-0.2, 0) is 14.8 Å². The first-order valence-corrected chi connectivity index (χ1v) is 9.63. The maximum atomic E-state index is 12.6. The van der Waals surface area contributed by atoms with Crippen LogP contribution in [0.5, 0.6) is 0 Å². The third kappa shape index (κ3) is 5.48. The first kappa shape index (κ1) is 19.9. The number of anilines is 1. The van der Waals surface area contributed by atoms with Gasteiger partial charge in [-0.05, 0) is 30.5 Å². The molecule has 7 heteroatoms. The summed E-state index contributed by atoms with van der Waals surface area (Å²) in [5, 5.41) is 2.88. The third-order valence-corrected chi connectivity index (χ3v) is 6.02. The Morgan fingerprint density at radius 1 is 1.26 bits per heavy atom. The molecule has 0 radical (unpaired) electrons. The topological polar surface area (TPSA) is 66.5 Å². The Morgan fingerprint density at radius 3 is 2.39 bits per heavy atom. The van der Waals surface area contributed by atoms with E-state index in [9.17, 15) is 13.2 Å². The van der Waals surface area contributed by atoms with Crippen LogP contribution >= 0.6 is 11.6 Å². The van der Waals surface area contributed by atoms with Gasteiger partial charge in [0.05, 0.1) is 5.02 Å². The van der Waals surface area contributed by atoms with Crippen LogP contribution in [0.15, 0.2) is 23.1 Å². The van der Waals surface area contributed by atoms with Crippen LogP contribution in [-0.4, -0.2) is 31.7 Å². The highest BCUT2D eigenvalue weighted by Gasteiger charge is 2.24. The zero-order valence-corrected chi connectivity index (χ0v) is 15.7. The summed E-state index contributed by atoms with van der Waals surface area (Å²) >= 11 is 6.06. The van der Waals surface area contributed by atoms with Gasteiger partial charge >= 0.3 is 0 Å². The summed E-state index contributed by atoms with van der Waals surface area (Å²) in [4.78, 5) is 11.9. The van der Waals surface area contributed by atoms with E-state index in [4.69, 9.17) is 11.6 Å². The summed E-state index contributed by atoms with van der Waals surface area (Å²) in [5.41, 5.74) is 0.439. The van der Waals surface area contributed by atoms with Crippen molar-refractivity contribution in [3.63, 3.8) is 0 Å². The van der Waals surface area contributed by atoms with Gasteiger partial charge in [-0.1, -0.05) is 39.3 Å². The molecule has 1 N–H and O–H groups in total. The van der Waals surface area contributed by atoms with Crippen molar-refractivity contribution in [2.24, 2.45) is 5.92 Å². The van der Waals surface area contributed by atoms with E-state index in [0.717, 1.165) is 6.42 Å². The van der Waals surface area contributed by atoms with Gasteiger partial charge in [0.1, 0.15) is 4.90 Å². The van der Waals surface area contributed by atoms with E-state index in [1.54, 1.807) is 19.9 Å². The molecule has 0 heterocycles. The molecule has 0 saturated carbocycles. The van der Waals surface area contributed by atoms with Crippen LogP contribution in [0.2, 0.25) is 5.02 Å². The number of benzene rings is 1. The highest BCUT2D eigenvalue weighted by atomic mass is 35.5. The molecule has 0 atom stereocenters. The molecule has 1 aromatic carbocycles. The smallest absolute Gasteiger partial charge is 0.244 e. The van der Waals surface area contributed by atoms with Crippen molar-refractivity contribution < 1.29 is 13.2 Å². The number of sulfonamides is 1. The molecule has 0 aromatic heterocycles. The lowest BCUT2D eigenvalue weighted by Gasteiger charge is -2.19. The first-order valence-electron chi connectivity index (χ1n) is 7.81. The van der Waals surface area contributed by atoms with E-state index in [1.165, 1.54) is 16.4 Å². The molecule has 0 fully saturated rings. The molecule has 0 aliphatic carbocycles. The molecule has 130 valence electrons. The zero-order chi connectivity index (χ0) is 17.6. The van der Waals surface area contributed by atoms with Gasteiger partial charge in [-0.15, -0.1) is 0 Å². The molecule has 0 aliphatic rings. The Labute approximate surface area is 144 Å². The molecule has 0 aliphatic heterocycles. The molecule has 23 heavy (non-hydrogen) atoms. The predicted octanol–water partition coefficient (Wildman–Crippen LogP) is 3.75. The molecular weight excluding hydrogens is 336 g/mol. The lowest BCUT2D eigenvalue weighted by Crippen LogP contribution is -2.30. The minimum atomic E-state index is -3.67. The van der Waals surface area contributed by atoms with Crippen molar-refractivity contribution in [2.45, 2.75) is 45.4 Å². The van der Waals surface area contributed by atoms with E-state index in [2.05, 4.69) is 5.32 Å². The summed E-state index contributed by atoms with van der Waals surface area (Å²) in [7, 11) is -3.67. The van der Waals surface area contributed by atoms with Crippen molar-refractivity contribution in [3.05, 3.63) is 23.2 Å². The molecule has 1 rings (SSSR count). The fraction of sp³-hybridized carbons (Fsp3) is 0.562. The summed E-state index contributed by atoms with van der Waals surface area (Å²) in [6.45, 7) is 8.36. The van der Waals surface area contributed by atoms with Crippen molar-refractivity contribution in [1.29, 1.82) is 0 Å². The Balaban J connectivity index is 3.02. The van der Waals surface area contributed by atoms with Crippen LogP contribution in [0, 0.1) is 5.92 Å². The Hall–Kier alpha value is -1.11. The molecule has 1 amide bonds. The van der Waals surface area contributed by atoms with Crippen LogP contribution in [0.25, 0.3) is 0 Å². The van der Waals surface area contributed by atoms with Crippen molar-refractivity contribution in [2.75, 3.05) is 18.4 Å². The highest BCUT2D eigenvalue weighted by molar-refractivity contribution is 7.89. The number of amides is 1. The predicted molar refractivity (Wildman–Crippen MR) is 94.3 cm³/mol. The number of rotatable bonds is 8. The highest BCUT2D eigenvalue weighted by Crippen LogP contribution is 2.27. The largest absolute Gasteiger partial charge is 0.326 e. The fourth-order valence-electron chi connectivity index (χ4n) is 2.12. The molecule has 0 saturated heterocycles. The summed E-state index contributed by atoms with van der Waals surface area (Å²) < 4.78 is 26.5. The first-order chi connectivity index (χ1) is 10.7. The Morgan fingerprint density at radius 2 is 1.87 bits per heavy atom. The minimum Gasteiger partial charge on any atom is -0.326 e. The number of halogens is 1. The molecular formula is C16H25ClN2O3S. The second-order valence-electron chi connectivity index (χ2n) is 5.72. The second kappa shape index (κ2) is 8.66. The van der Waals surface area contributed by atoms with Crippen LogP contribution in [0.1, 0.15) is 40.5 Å². The zero-order valence-electron chi connectivity index (χ0n) is 14.1. The number of carbonyl (C=O) groups excluding carboxylic acids is 1. The lowest BCUT2D eigenvalue weighted by atomic mass is 10.1. The molecule has 5 nitrogen and oxygen atoms in total. The number of nitrogens with zero attached hydrogens (tertiary/aromatic N) is 1. The van der Waals surface area contributed by atoms with Gasteiger partial charge in [0.15, 0.2) is 0 Å². The number of nitrogens with one attached hydrogen (secondary N) is 1. The van der Waals surface area contributed by atoms with Crippen molar-refractivity contribution in [1.82, 2.24) is 4.31 Å². The average molecular weight is 361 g/mol. The standard InChI is InChI=1S/C16H25ClN2O3S/c1-5-19(6-2)23(21,22)15-11-13(8-9-14(15)17)18-16(20)10-7-12(3)4/h8-9,11-12H,5-7,10H2,1-4H3,(H,18,20). The van der Waals surface area contributed by atoms with Gasteiger partial charge in [-0.3, -0.25) is 4.79 Å². The van der Waals surface area contributed by atoms with E-state index in [1.807, 2.05) is 13.8 Å². The minimum absolute atomic E-state index is 0.0181. The lowest BCUT2D eigenvalue weighted by molar-refractivity contribution is -0.116. The Kier molecular flexibility index (Phi) is 7.51. The third-order valence-electron chi connectivity index (χ3n) is 3.49. The van der Waals surface area contributed by atoms with Gasteiger partial charge in [0.25, 0.3) is 0 Å². The van der Waals surface area contributed by atoms with Gasteiger partial charge in [0.2, 0.25) is 15.9 Å². The number of carbonyl (C=O) groups is 1. The van der Waals surface area contributed by atoms with E-state index in [-0.39, 0.29) is 15.8 Å². The van der Waals surface area contributed by atoms with Gasteiger partial charge in [-0.25, -0.2) is 8.42 Å². The monoisotopic (exact) mass is 360 g/mol. The van der Waals surface area contributed by atoms with Crippen molar-refractivity contribution in [3.8, 4) is 0 Å². The fourth-order valence-corrected chi connectivity index (χ4v) is 4.08. The summed E-state index contributed by atoms with van der Waals surface area (Å²) in [6.07, 6.45) is 1.18. The maximum Gasteiger partial charge on any atom is 0.244 e. The second-order valence-corrected chi connectivity index (χ2v) is 8.03. The van der Waals surface area contributed by atoms with Gasteiger partial charge in [-0.2, -0.15) is 4.31 Å². The van der Waals surface area contributed by atoms with Crippen molar-refractivity contribution >= 4 is 33.2 Å². The van der Waals surface area contributed by atoms with Gasteiger partial charge in [0, 0.05) is 25.2 Å². The number of hydrogen-bond donors (Lipinski definition) is 1. The van der Waals surface area contributed by atoms with Crippen LogP contribution < -0.4 is 5.32 Å². The van der Waals surface area contributed by atoms with Gasteiger partial charge < -0.3 is 5.32 Å². The average Bonchev–Trinajstić information content (AvgIpc) is 2.48. The van der Waals surface area contributed by atoms with Crippen LogP contribution in [0.3, 0.4) is 0 Å². The molecule has 0 bridgehead atoms. The van der Waals surface area contributed by atoms with E-state index < -0.39 is 10.0 Å². The summed E-state index contributed by atoms with van der Waals surface area (Å²) in [5.74, 6) is 0.303. The summed E-state index contributed by atoms with van der Waals surface area (Å²) in [6, 6.07) is 4.52. The van der Waals surface area contributed by atoms with Crippen LogP contribution in [0.4, 0.5) is 5.69 Å².